The molecule has 0 bridgehead atoms. The normalized spacial score (nSPS) is 17.6. The van der Waals surface area contributed by atoms with Crippen molar-refractivity contribution in [2.24, 2.45) is 0 Å². The van der Waals surface area contributed by atoms with Gasteiger partial charge in [-0.3, -0.25) is 10.2 Å². The first kappa shape index (κ1) is 18.4. The maximum Gasteiger partial charge on any atom is 0.320 e. The average Bonchev–Trinajstić information content (AvgIpc) is 3.54. The zero-order valence-electron chi connectivity index (χ0n) is 15.9. The molecule has 2 aliphatic rings. The quantitative estimate of drug-likeness (QED) is 0.808. The van der Waals surface area contributed by atoms with E-state index >= 15 is 0 Å². The molecule has 7 heteroatoms. The lowest BCUT2D eigenvalue weighted by molar-refractivity contribution is 0.251. The van der Waals surface area contributed by atoms with Crippen molar-refractivity contribution in [3.63, 3.8) is 0 Å². The number of hydrogen-bond donors (Lipinski definition) is 2. The van der Waals surface area contributed by atoms with E-state index in [0.717, 1.165) is 51.4 Å². The highest BCUT2D eigenvalue weighted by Gasteiger charge is 2.23. The van der Waals surface area contributed by atoms with Crippen molar-refractivity contribution in [2.75, 3.05) is 42.9 Å². The molecule has 0 spiro atoms. The molecule has 2 aromatic rings. The summed E-state index contributed by atoms with van der Waals surface area (Å²) >= 11 is 0. The van der Waals surface area contributed by atoms with Gasteiger partial charge in [0.15, 0.2) is 11.6 Å². The minimum absolute atomic E-state index is 0.207. The molecule has 2 amide bonds. The molecular formula is C21H26N6O. The number of aromatic nitrogens is 2. The third-order valence-corrected chi connectivity index (χ3v) is 4.97. The van der Waals surface area contributed by atoms with Crippen molar-refractivity contribution in [3.05, 3.63) is 54.1 Å². The largest absolute Gasteiger partial charge is 0.353 e. The second kappa shape index (κ2) is 8.84. The van der Waals surface area contributed by atoms with Crippen LogP contribution in [0, 0.1) is 0 Å². The van der Waals surface area contributed by atoms with Gasteiger partial charge >= 0.3 is 6.03 Å². The van der Waals surface area contributed by atoms with E-state index in [-0.39, 0.29) is 6.03 Å². The van der Waals surface area contributed by atoms with Crippen LogP contribution in [0.4, 0.5) is 16.4 Å². The molecule has 0 radical (unpaired) electrons. The van der Waals surface area contributed by atoms with Gasteiger partial charge in [-0.15, -0.1) is 10.2 Å². The SMILES string of the molecule is O=C(Nc1ccc(N2CCN(C/C=C/c3ccccc3)CC2)nn1)NC1CC1. The minimum Gasteiger partial charge on any atom is -0.353 e. The average molecular weight is 378 g/mol. The lowest BCUT2D eigenvalue weighted by Crippen LogP contribution is -2.46. The van der Waals surface area contributed by atoms with E-state index < -0.39 is 0 Å². The number of rotatable bonds is 6. The summed E-state index contributed by atoms with van der Waals surface area (Å²) in [5, 5.41) is 14.0. The number of nitrogens with zero attached hydrogens (tertiary/aromatic N) is 4. The molecular weight excluding hydrogens is 352 g/mol. The summed E-state index contributed by atoms with van der Waals surface area (Å²) in [6, 6.07) is 14.2. The van der Waals surface area contributed by atoms with Crippen LogP contribution >= 0.6 is 0 Å². The monoisotopic (exact) mass is 378 g/mol. The Kier molecular flexibility index (Phi) is 5.82. The summed E-state index contributed by atoms with van der Waals surface area (Å²) in [7, 11) is 0. The van der Waals surface area contributed by atoms with E-state index in [2.05, 4.69) is 67.0 Å². The zero-order valence-corrected chi connectivity index (χ0v) is 15.9. The topological polar surface area (TPSA) is 73.4 Å². The second-order valence-electron chi connectivity index (χ2n) is 7.25. The number of piperazine rings is 1. The Bertz CT molecular complexity index is 795. The number of nitrogens with one attached hydrogen (secondary N) is 2. The number of anilines is 2. The van der Waals surface area contributed by atoms with Gasteiger partial charge in [0.05, 0.1) is 0 Å². The Labute approximate surface area is 165 Å². The van der Waals surface area contributed by atoms with Gasteiger partial charge in [-0.05, 0) is 30.5 Å². The zero-order chi connectivity index (χ0) is 19.2. The molecule has 146 valence electrons. The number of carbonyl (C=O) groups is 1. The fourth-order valence-electron chi connectivity index (χ4n) is 3.19. The summed E-state index contributed by atoms with van der Waals surface area (Å²) < 4.78 is 0. The van der Waals surface area contributed by atoms with Gasteiger partial charge in [-0.1, -0.05) is 42.5 Å². The molecule has 1 aromatic carbocycles. The lowest BCUT2D eigenvalue weighted by atomic mass is 10.2. The Morgan fingerprint density at radius 3 is 2.50 bits per heavy atom. The first-order valence-corrected chi connectivity index (χ1v) is 9.86. The standard InChI is InChI=1S/C21H26N6O/c28-21(22-18-8-9-18)23-19-10-11-20(25-24-19)27-15-13-26(14-16-27)12-4-7-17-5-2-1-3-6-17/h1-7,10-11,18H,8-9,12-16H2,(H2,22,23,24,28)/b7-4+. The molecule has 28 heavy (non-hydrogen) atoms. The minimum atomic E-state index is -0.207. The molecule has 2 fully saturated rings. The van der Waals surface area contributed by atoms with Crippen molar-refractivity contribution in [1.82, 2.24) is 20.4 Å². The summed E-state index contributed by atoms with van der Waals surface area (Å²) in [6.45, 7) is 4.77. The van der Waals surface area contributed by atoms with E-state index in [1.54, 1.807) is 0 Å². The molecule has 4 rings (SSSR count). The molecule has 1 saturated heterocycles. The second-order valence-corrected chi connectivity index (χ2v) is 7.25. The molecule has 2 heterocycles. The van der Waals surface area contributed by atoms with Crippen molar-refractivity contribution >= 4 is 23.7 Å². The van der Waals surface area contributed by atoms with E-state index in [0.29, 0.717) is 11.9 Å². The van der Waals surface area contributed by atoms with E-state index in [9.17, 15) is 4.79 Å². The maximum absolute atomic E-state index is 11.8. The van der Waals surface area contributed by atoms with Crippen LogP contribution in [0.1, 0.15) is 18.4 Å². The van der Waals surface area contributed by atoms with Crippen LogP contribution in [0.15, 0.2) is 48.5 Å². The Morgan fingerprint density at radius 1 is 1.04 bits per heavy atom. The number of hydrogen-bond acceptors (Lipinski definition) is 5. The van der Waals surface area contributed by atoms with Gasteiger partial charge in [-0.25, -0.2) is 4.79 Å². The molecule has 0 atom stereocenters. The molecule has 1 aromatic heterocycles. The number of benzene rings is 1. The molecule has 0 unspecified atom stereocenters. The molecule has 1 aliphatic carbocycles. The van der Waals surface area contributed by atoms with Gasteiger partial charge in [0.1, 0.15) is 0 Å². The van der Waals surface area contributed by atoms with Crippen molar-refractivity contribution in [2.45, 2.75) is 18.9 Å². The Morgan fingerprint density at radius 2 is 1.82 bits per heavy atom. The van der Waals surface area contributed by atoms with Crippen LogP contribution in [0.3, 0.4) is 0 Å². The van der Waals surface area contributed by atoms with E-state index in [4.69, 9.17) is 0 Å². The van der Waals surface area contributed by atoms with Crippen LogP contribution in [0.5, 0.6) is 0 Å². The highest BCUT2D eigenvalue weighted by Crippen LogP contribution is 2.19. The molecule has 1 aliphatic heterocycles. The highest BCUT2D eigenvalue weighted by molar-refractivity contribution is 5.88. The van der Waals surface area contributed by atoms with Gasteiger partial charge in [0.25, 0.3) is 0 Å². The van der Waals surface area contributed by atoms with Crippen LogP contribution in [-0.4, -0.2) is 59.9 Å². The molecule has 7 nitrogen and oxygen atoms in total. The van der Waals surface area contributed by atoms with Crippen LogP contribution in [-0.2, 0) is 0 Å². The van der Waals surface area contributed by atoms with Crippen LogP contribution in [0.2, 0.25) is 0 Å². The summed E-state index contributed by atoms with van der Waals surface area (Å²) in [4.78, 5) is 16.4. The fraction of sp³-hybridized carbons (Fsp3) is 0.381. The summed E-state index contributed by atoms with van der Waals surface area (Å²) in [5.74, 6) is 1.33. The van der Waals surface area contributed by atoms with Gasteiger partial charge in [0, 0.05) is 38.8 Å². The van der Waals surface area contributed by atoms with Gasteiger partial charge in [0.2, 0.25) is 0 Å². The molecule has 2 N–H and O–H groups in total. The van der Waals surface area contributed by atoms with Crippen molar-refractivity contribution in [3.8, 4) is 0 Å². The summed E-state index contributed by atoms with van der Waals surface area (Å²) in [5.41, 5.74) is 1.23. The Balaban J connectivity index is 1.22. The summed E-state index contributed by atoms with van der Waals surface area (Å²) in [6.07, 6.45) is 6.51. The first-order valence-electron chi connectivity index (χ1n) is 9.86. The maximum atomic E-state index is 11.8. The van der Waals surface area contributed by atoms with Gasteiger partial charge < -0.3 is 10.2 Å². The van der Waals surface area contributed by atoms with E-state index in [1.807, 2.05) is 18.2 Å². The predicted octanol–water partition coefficient (Wildman–Crippen LogP) is 2.60. The van der Waals surface area contributed by atoms with Crippen LogP contribution < -0.4 is 15.5 Å². The number of carbonyl (C=O) groups excluding carboxylic acids is 1. The first-order chi connectivity index (χ1) is 13.8. The number of amides is 2. The van der Waals surface area contributed by atoms with Crippen LogP contribution in [0.25, 0.3) is 6.08 Å². The fourth-order valence-corrected chi connectivity index (χ4v) is 3.19. The highest BCUT2D eigenvalue weighted by atomic mass is 16.2. The third kappa shape index (κ3) is 5.29. The predicted molar refractivity (Wildman–Crippen MR) is 111 cm³/mol. The van der Waals surface area contributed by atoms with E-state index in [1.165, 1.54) is 5.56 Å². The molecule has 1 saturated carbocycles. The van der Waals surface area contributed by atoms with Gasteiger partial charge in [-0.2, -0.15) is 0 Å². The smallest absolute Gasteiger partial charge is 0.320 e. The van der Waals surface area contributed by atoms with Crippen molar-refractivity contribution < 1.29 is 4.79 Å². The Hall–Kier alpha value is -2.93. The lowest BCUT2D eigenvalue weighted by Gasteiger charge is -2.34. The number of urea groups is 1. The van der Waals surface area contributed by atoms with Crippen molar-refractivity contribution in [1.29, 1.82) is 0 Å². The third-order valence-electron chi connectivity index (χ3n) is 4.97.